The summed E-state index contributed by atoms with van der Waals surface area (Å²) in [6.07, 6.45) is 3.93. The Bertz CT molecular complexity index is 1350. The van der Waals surface area contributed by atoms with Gasteiger partial charge < -0.3 is 15.4 Å². The SMILES string of the molecule is O=C(NC1(C(=O)N(CCc2ccccc2)C(=O)NCCCN2CCOCC2)CCCC1)c1cc2ccc(Cl)cc2s1. The van der Waals surface area contributed by atoms with Gasteiger partial charge in [-0.15, -0.1) is 11.3 Å². The lowest BCUT2D eigenvalue weighted by molar-refractivity contribution is -0.134. The van der Waals surface area contributed by atoms with Crippen LogP contribution in [-0.4, -0.2) is 79.1 Å². The van der Waals surface area contributed by atoms with Gasteiger partial charge in [-0.2, -0.15) is 0 Å². The summed E-state index contributed by atoms with van der Waals surface area (Å²) >= 11 is 7.49. The van der Waals surface area contributed by atoms with Crippen LogP contribution in [0.15, 0.2) is 54.6 Å². The van der Waals surface area contributed by atoms with E-state index in [0.717, 1.165) is 67.8 Å². The van der Waals surface area contributed by atoms with Gasteiger partial charge in [-0.1, -0.05) is 60.8 Å². The first kappa shape index (κ1) is 29.5. The number of rotatable bonds is 10. The summed E-state index contributed by atoms with van der Waals surface area (Å²) in [4.78, 5) is 45.3. The molecule has 3 aromatic rings. The number of thiophene rings is 1. The summed E-state index contributed by atoms with van der Waals surface area (Å²) in [5.74, 6) is -0.638. The average Bonchev–Trinajstić information content (AvgIpc) is 3.64. The summed E-state index contributed by atoms with van der Waals surface area (Å²) < 4.78 is 6.32. The number of hydrogen-bond donors (Lipinski definition) is 2. The Hall–Kier alpha value is -2.98. The van der Waals surface area contributed by atoms with Gasteiger partial charge in [-0.25, -0.2) is 4.79 Å². The summed E-state index contributed by atoms with van der Waals surface area (Å²) in [5.41, 5.74) is -0.0777. The second-order valence-corrected chi connectivity index (χ2v) is 12.3. The van der Waals surface area contributed by atoms with E-state index in [2.05, 4.69) is 15.5 Å². The van der Waals surface area contributed by atoms with Crippen molar-refractivity contribution in [2.75, 3.05) is 45.9 Å². The van der Waals surface area contributed by atoms with Gasteiger partial charge >= 0.3 is 6.03 Å². The van der Waals surface area contributed by atoms with E-state index in [9.17, 15) is 14.4 Å². The summed E-state index contributed by atoms with van der Waals surface area (Å²) in [5, 5.41) is 7.59. The van der Waals surface area contributed by atoms with Gasteiger partial charge in [0.25, 0.3) is 11.8 Å². The van der Waals surface area contributed by atoms with Crippen LogP contribution in [0.2, 0.25) is 5.02 Å². The van der Waals surface area contributed by atoms with Crippen molar-refractivity contribution >= 4 is 50.9 Å². The van der Waals surface area contributed by atoms with Crippen molar-refractivity contribution in [1.82, 2.24) is 20.4 Å². The van der Waals surface area contributed by atoms with Gasteiger partial charge in [0.05, 0.1) is 18.1 Å². The molecule has 0 bridgehead atoms. The number of urea groups is 1. The number of benzene rings is 2. The number of ether oxygens (including phenoxy) is 1. The molecule has 2 heterocycles. The van der Waals surface area contributed by atoms with Crippen molar-refractivity contribution in [1.29, 1.82) is 0 Å². The average molecular weight is 597 g/mol. The number of nitrogens with one attached hydrogen (secondary N) is 2. The minimum atomic E-state index is -1.12. The molecule has 0 unspecified atom stereocenters. The molecule has 1 aromatic heterocycles. The number of imide groups is 1. The fourth-order valence-corrected chi connectivity index (χ4v) is 6.86. The minimum Gasteiger partial charge on any atom is -0.379 e. The van der Waals surface area contributed by atoms with E-state index >= 15 is 0 Å². The topological polar surface area (TPSA) is 91.0 Å². The van der Waals surface area contributed by atoms with Crippen LogP contribution in [0.4, 0.5) is 4.79 Å². The Labute approximate surface area is 250 Å². The number of carbonyl (C=O) groups excluding carboxylic acids is 3. The first-order valence-electron chi connectivity index (χ1n) is 14.4. The number of morpholine rings is 1. The van der Waals surface area contributed by atoms with E-state index in [-0.39, 0.29) is 18.4 Å². The molecule has 10 heteroatoms. The Balaban J connectivity index is 1.29. The van der Waals surface area contributed by atoms with Crippen molar-refractivity contribution in [3.05, 3.63) is 70.1 Å². The molecule has 0 radical (unpaired) electrons. The number of amides is 4. The molecule has 41 heavy (non-hydrogen) atoms. The zero-order valence-electron chi connectivity index (χ0n) is 23.2. The highest BCUT2D eigenvalue weighted by molar-refractivity contribution is 7.20. The standard InChI is InChI=1S/C31H37ClN4O4S/c32-25-10-9-24-21-27(41-26(24)22-25)28(37)34-31(12-4-5-13-31)29(38)36(16-11-23-7-2-1-3-8-23)30(39)33-14-6-15-35-17-19-40-20-18-35/h1-3,7-10,21-22H,4-6,11-20H2,(H,33,39)(H,34,37). The van der Waals surface area contributed by atoms with E-state index < -0.39 is 11.6 Å². The summed E-state index contributed by atoms with van der Waals surface area (Å²) in [6, 6.07) is 16.8. The third-order valence-corrected chi connectivity index (χ3v) is 9.25. The minimum absolute atomic E-state index is 0.233. The van der Waals surface area contributed by atoms with Gasteiger partial charge in [-0.05, 0) is 61.4 Å². The van der Waals surface area contributed by atoms with Crippen LogP contribution >= 0.6 is 22.9 Å². The van der Waals surface area contributed by atoms with Crippen molar-refractivity contribution in [3.8, 4) is 0 Å². The maximum absolute atomic E-state index is 14.2. The van der Waals surface area contributed by atoms with Crippen LogP contribution in [0.5, 0.6) is 0 Å². The predicted molar refractivity (Wildman–Crippen MR) is 163 cm³/mol. The lowest BCUT2D eigenvalue weighted by Crippen LogP contribution is -2.61. The molecule has 0 atom stereocenters. The van der Waals surface area contributed by atoms with Gasteiger partial charge in [-0.3, -0.25) is 19.4 Å². The van der Waals surface area contributed by atoms with E-state index in [1.807, 2.05) is 48.5 Å². The molecule has 1 saturated carbocycles. The van der Waals surface area contributed by atoms with Gasteiger partial charge in [0, 0.05) is 35.9 Å². The molecular formula is C31H37ClN4O4S. The number of halogens is 1. The van der Waals surface area contributed by atoms with Crippen LogP contribution in [0.3, 0.4) is 0 Å². The number of hydrogen-bond acceptors (Lipinski definition) is 6. The predicted octanol–water partition coefficient (Wildman–Crippen LogP) is 5.10. The van der Waals surface area contributed by atoms with E-state index in [4.69, 9.17) is 16.3 Å². The second kappa shape index (κ2) is 13.8. The van der Waals surface area contributed by atoms with E-state index in [1.54, 1.807) is 6.07 Å². The molecule has 0 spiro atoms. The highest BCUT2D eigenvalue weighted by atomic mass is 35.5. The summed E-state index contributed by atoms with van der Waals surface area (Å²) in [7, 11) is 0. The van der Waals surface area contributed by atoms with Crippen LogP contribution in [0.1, 0.15) is 47.3 Å². The molecular weight excluding hydrogens is 560 g/mol. The molecule has 5 rings (SSSR count). The Morgan fingerprint density at radius 3 is 2.54 bits per heavy atom. The third kappa shape index (κ3) is 7.46. The van der Waals surface area contributed by atoms with Crippen molar-refractivity contribution < 1.29 is 19.1 Å². The lowest BCUT2D eigenvalue weighted by atomic mass is 9.94. The van der Waals surface area contributed by atoms with Gasteiger partial charge in [0.1, 0.15) is 5.54 Å². The molecule has 2 aromatic carbocycles. The second-order valence-electron chi connectivity index (χ2n) is 10.8. The molecule has 1 saturated heterocycles. The number of fused-ring (bicyclic) bond motifs is 1. The first-order chi connectivity index (χ1) is 19.9. The molecule has 2 aliphatic rings. The molecule has 4 amide bonds. The highest BCUT2D eigenvalue weighted by Crippen LogP contribution is 2.34. The lowest BCUT2D eigenvalue weighted by Gasteiger charge is -2.34. The molecule has 1 aliphatic heterocycles. The maximum Gasteiger partial charge on any atom is 0.324 e. The Morgan fingerprint density at radius 1 is 1.02 bits per heavy atom. The van der Waals surface area contributed by atoms with Crippen LogP contribution in [0, 0.1) is 0 Å². The Kier molecular flexibility index (Phi) is 9.92. The molecule has 218 valence electrons. The van der Waals surface area contributed by atoms with Crippen LogP contribution in [-0.2, 0) is 16.0 Å². The quantitative estimate of drug-likeness (QED) is 0.318. The monoisotopic (exact) mass is 596 g/mol. The summed E-state index contributed by atoms with van der Waals surface area (Å²) in [6.45, 7) is 4.82. The van der Waals surface area contributed by atoms with Crippen molar-refractivity contribution in [2.24, 2.45) is 0 Å². The fourth-order valence-electron chi connectivity index (χ4n) is 5.62. The van der Waals surface area contributed by atoms with E-state index in [0.29, 0.717) is 35.7 Å². The zero-order valence-corrected chi connectivity index (χ0v) is 24.8. The molecule has 8 nitrogen and oxygen atoms in total. The van der Waals surface area contributed by atoms with E-state index in [1.165, 1.54) is 16.2 Å². The highest BCUT2D eigenvalue weighted by Gasteiger charge is 2.46. The zero-order chi connectivity index (χ0) is 28.7. The molecule has 2 N–H and O–H groups in total. The first-order valence-corrected chi connectivity index (χ1v) is 15.6. The fraction of sp³-hybridized carbons (Fsp3) is 0.452. The maximum atomic E-state index is 14.2. The van der Waals surface area contributed by atoms with Gasteiger partial charge in [0.15, 0.2) is 0 Å². The Morgan fingerprint density at radius 2 is 1.78 bits per heavy atom. The number of nitrogens with zero attached hydrogens (tertiary/aromatic N) is 2. The largest absolute Gasteiger partial charge is 0.379 e. The van der Waals surface area contributed by atoms with Crippen LogP contribution in [0.25, 0.3) is 10.1 Å². The normalized spacial score (nSPS) is 16.9. The number of carbonyl (C=O) groups is 3. The van der Waals surface area contributed by atoms with Gasteiger partial charge in [0.2, 0.25) is 0 Å². The third-order valence-electron chi connectivity index (χ3n) is 7.91. The van der Waals surface area contributed by atoms with Crippen molar-refractivity contribution in [3.63, 3.8) is 0 Å². The molecule has 2 fully saturated rings. The smallest absolute Gasteiger partial charge is 0.324 e. The molecule has 1 aliphatic carbocycles. The van der Waals surface area contributed by atoms with Crippen molar-refractivity contribution in [2.45, 2.75) is 44.1 Å². The van der Waals surface area contributed by atoms with Crippen LogP contribution < -0.4 is 10.6 Å².